The second kappa shape index (κ2) is 6.24. The Morgan fingerprint density at radius 2 is 2.19 bits per heavy atom. The van der Waals surface area contributed by atoms with Gasteiger partial charge in [-0.25, -0.2) is 0 Å². The fourth-order valence-corrected chi connectivity index (χ4v) is 2.43. The first kappa shape index (κ1) is 13.5. The van der Waals surface area contributed by atoms with Gasteiger partial charge in [0.15, 0.2) is 0 Å². The van der Waals surface area contributed by atoms with Crippen LogP contribution in [0, 0.1) is 5.92 Å². The van der Waals surface area contributed by atoms with Crippen molar-refractivity contribution >= 4 is 5.91 Å². The summed E-state index contributed by atoms with van der Waals surface area (Å²) >= 11 is 0. The molecule has 16 heavy (non-hydrogen) atoms. The van der Waals surface area contributed by atoms with Crippen molar-refractivity contribution in [2.75, 3.05) is 7.05 Å². The monoisotopic (exact) mass is 226 g/mol. The van der Waals surface area contributed by atoms with Crippen molar-refractivity contribution in [3.05, 3.63) is 0 Å². The van der Waals surface area contributed by atoms with Crippen molar-refractivity contribution in [2.45, 2.75) is 64.5 Å². The highest BCUT2D eigenvalue weighted by atomic mass is 16.2. The van der Waals surface area contributed by atoms with Gasteiger partial charge in [0.1, 0.15) is 0 Å². The van der Waals surface area contributed by atoms with Crippen LogP contribution in [0.15, 0.2) is 0 Å². The Labute approximate surface area is 99.4 Å². The molecule has 1 aliphatic carbocycles. The van der Waals surface area contributed by atoms with E-state index in [1.807, 2.05) is 11.9 Å². The largest absolute Gasteiger partial charge is 0.343 e. The molecule has 1 saturated carbocycles. The molecule has 94 valence electrons. The molecule has 0 aliphatic heterocycles. The highest BCUT2D eigenvalue weighted by Gasteiger charge is 2.24. The zero-order valence-electron chi connectivity index (χ0n) is 10.9. The molecular formula is C13H26N2O. The van der Waals surface area contributed by atoms with Crippen LogP contribution in [-0.4, -0.2) is 29.9 Å². The Morgan fingerprint density at radius 3 is 2.75 bits per heavy atom. The number of nitrogens with zero attached hydrogens (tertiary/aromatic N) is 1. The summed E-state index contributed by atoms with van der Waals surface area (Å²) in [4.78, 5) is 13.9. The first-order valence-corrected chi connectivity index (χ1v) is 6.55. The Kier molecular flexibility index (Phi) is 5.26. The molecule has 0 saturated heterocycles. The quantitative estimate of drug-likeness (QED) is 0.798. The van der Waals surface area contributed by atoms with E-state index in [9.17, 15) is 4.79 Å². The molecule has 1 rings (SSSR count). The van der Waals surface area contributed by atoms with Gasteiger partial charge in [0.25, 0.3) is 0 Å². The molecule has 3 atom stereocenters. The highest BCUT2D eigenvalue weighted by molar-refractivity contribution is 5.76. The molecule has 0 aromatic carbocycles. The molecule has 1 amide bonds. The van der Waals surface area contributed by atoms with Crippen LogP contribution in [-0.2, 0) is 4.79 Å². The molecule has 0 radical (unpaired) electrons. The molecule has 1 fully saturated rings. The maximum Gasteiger partial charge on any atom is 0.222 e. The Hall–Kier alpha value is -0.570. The van der Waals surface area contributed by atoms with Crippen molar-refractivity contribution in [3.63, 3.8) is 0 Å². The molecule has 0 heterocycles. The van der Waals surface area contributed by atoms with Gasteiger partial charge in [-0.1, -0.05) is 13.3 Å². The van der Waals surface area contributed by atoms with E-state index in [4.69, 9.17) is 5.73 Å². The summed E-state index contributed by atoms with van der Waals surface area (Å²) in [6.07, 6.45) is 6.23. The Bertz CT molecular complexity index is 230. The molecule has 0 aromatic rings. The third-order valence-electron chi connectivity index (χ3n) is 3.93. The third-order valence-corrected chi connectivity index (χ3v) is 3.93. The topological polar surface area (TPSA) is 46.3 Å². The van der Waals surface area contributed by atoms with Crippen LogP contribution in [0.25, 0.3) is 0 Å². The number of rotatable bonds is 4. The first-order chi connectivity index (χ1) is 7.54. The van der Waals surface area contributed by atoms with Crippen molar-refractivity contribution in [2.24, 2.45) is 11.7 Å². The standard InChI is InChI=1S/C13H26N2O/c1-4-10(2)15(3)13(16)9-11-6-5-7-12(14)8-11/h10-12H,4-9,14H2,1-3H3. The zero-order chi connectivity index (χ0) is 12.1. The number of carbonyl (C=O) groups excluding carboxylic acids is 1. The minimum atomic E-state index is 0.286. The van der Waals surface area contributed by atoms with Crippen molar-refractivity contribution in [3.8, 4) is 0 Å². The van der Waals surface area contributed by atoms with E-state index in [-0.39, 0.29) is 5.91 Å². The Balaban J connectivity index is 2.38. The highest BCUT2D eigenvalue weighted by Crippen LogP contribution is 2.26. The van der Waals surface area contributed by atoms with Gasteiger partial charge in [-0.3, -0.25) is 4.79 Å². The van der Waals surface area contributed by atoms with E-state index in [1.54, 1.807) is 0 Å². The average Bonchev–Trinajstić information content (AvgIpc) is 2.27. The smallest absolute Gasteiger partial charge is 0.222 e. The van der Waals surface area contributed by atoms with Crippen LogP contribution in [0.3, 0.4) is 0 Å². The fraction of sp³-hybridized carbons (Fsp3) is 0.923. The molecular weight excluding hydrogens is 200 g/mol. The molecule has 3 unspecified atom stereocenters. The maximum atomic E-state index is 12.0. The van der Waals surface area contributed by atoms with E-state index in [0.717, 1.165) is 19.3 Å². The molecule has 3 heteroatoms. The van der Waals surface area contributed by atoms with Crippen LogP contribution in [0.5, 0.6) is 0 Å². The van der Waals surface area contributed by atoms with Gasteiger partial charge < -0.3 is 10.6 Å². The number of hydrogen-bond donors (Lipinski definition) is 1. The van der Waals surface area contributed by atoms with Gasteiger partial charge in [-0.05, 0) is 38.5 Å². The summed E-state index contributed by atoms with van der Waals surface area (Å²) in [6, 6.07) is 0.671. The lowest BCUT2D eigenvalue weighted by atomic mass is 9.84. The predicted molar refractivity (Wildman–Crippen MR) is 67.1 cm³/mol. The Morgan fingerprint density at radius 1 is 1.50 bits per heavy atom. The van der Waals surface area contributed by atoms with Gasteiger partial charge in [0.2, 0.25) is 5.91 Å². The second-order valence-electron chi connectivity index (χ2n) is 5.26. The van der Waals surface area contributed by atoms with Crippen LogP contribution >= 0.6 is 0 Å². The summed E-state index contributed by atoms with van der Waals surface area (Å²) < 4.78 is 0. The summed E-state index contributed by atoms with van der Waals surface area (Å²) in [5, 5.41) is 0. The molecule has 0 spiro atoms. The summed E-state index contributed by atoms with van der Waals surface area (Å²) in [5.41, 5.74) is 5.94. The second-order valence-corrected chi connectivity index (χ2v) is 5.26. The average molecular weight is 226 g/mol. The maximum absolute atomic E-state index is 12.0. The molecule has 1 aliphatic rings. The lowest BCUT2D eigenvalue weighted by molar-refractivity contribution is -0.133. The third kappa shape index (κ3) is 3.78. The van der Waals surface area contributed by atoms with E-state index >= 15 is 0 Å². The molecule has 3 nitrogen and oxygen atoms in total. The van der Waals surface area contributed by atoms with E-state index in [2.05, 4.69) is 13.8 Å². The van der Waals surface area contributed by atoms with Crippen molar-refractivity contribution in [1.29, 1.82) is 0 Å². The van der Waals surface area contributed by atoms with Crippen LogP contribution < -0.4 is 5.73 Å². The van der Waals surface area contributed by atoms with Gasteiger partial charge >= 0.3 is 0 Å². The van der Waals surface area contributed by atoms with Gasteiger partial charge in [-0.2, -0.15) is 0 Å². The SMILES string of the molecule is CCC(C)N(C)C(=O)CC1CCCC(N)C1. The molecule has 0 bridgehead atoms. The number of nitrogens with two attached hydrogens (primary N) is 1. The van der Waals surface area contributed by atoms with E-state index < -0.39 is 0 Å². The molecule has 0 aromatic heterocycles. The van der Waals surface area contributed by atoms with Crippen LogP contribution in [0.2, 0.25) is 0 Å². The zero-order valence-corrected chi connectivity index (χ0v) is 10.9. The van der Waals surface area contributed by atoms with Gasteiger partial charge in [0.05, 0.1) is 0 Å². The van der Waals surface area contributed by atoms with Crippen molar-refractivity contribution in [1.82, 2.24) is 4.90 Å². The van der Waals surface area contributed by atoms with Crippen LogP contribution in [0.1, 0.15) is 52.4 Å². The first-order valence-electron chi connectivity index (χ1n) is 6.55. The minimum Gasteiger partial charge on any atom is -0.343 e. The number of hydrogen-bond acceptors (Lipinski definition) is 2. The summed E-state index contributed by atoms with van der Waals surface area (Å²) in [5.74, 6) is 0.802. The van der Waals surface area contributed by atoms with Gasteiger partial charge in [0, 0.05) is 25.6 Å². The number of carbonyl (C=O) groups is 1. The minimum absolute atomic E-state index is 0.286. The lowest BCUT2D eigenvalue weighted by Gasteiger charge is -2.29. The van der Waals surface area contributed by atoms with E-state index in [0.29, 0.717) is 24.4 Å². The fourth-order valence-electron chi connectivity index (χ4n) is 2.43. The van der Waals surface area contributed by atoms with Gasteiger partial charge in [-0.15, -0.1) is 0 Å². The normalized spacial score (nSPS) is 27.5. The predicted octanol–water partition coefficient (Wildman–Crippen LogP) is 2.15. The lowest BCUT2D eigenvalue weighted by Crippen LogP contribution is -2.37. The van der Waals surface area contributed by atoms with Crippen molar-refractivity contribution < 1.29 is 4.79 Å². The number of amides is 1. The van der Waals surface area contributed by atoms with E-state index in [1.165, 1.54) is 12.8 Å². The summed E-state index contributed by atoms with van der Waals surface area (Å²) in [6.45, 7) is 4.22. The van der Waals surface area contributed by atoms with Crippen LogP contribution in [0.4, 0.5) is 0 Å². The molecule has 2 N–H and O–H groups in total. The summed E-state index contributed by atoms with van der Waals surface area (Å²) in [7, 11) is 1.92.